The number of hydrogen-bond donors (Lipinski definition) is 1. The molecule has 178 valence electrons. The fourth-order valence-corrected chi connectivity index (χ4v) is 6.44. The van der Waals surface area contributed by atoms with Crippen LogP contribution in [0.25, 0.3) is 5.69 Å². The Balaban J connectivity index is 1.68. The highest BCUT2D eigenvalue weighted by atomic mass is 32.2. The molecular weight excluding hydrogens is 461 g/mol. The van der Waals surface area contributed by atoms with Crippen molar-refractivity contribution in [1.29, 1.82) is 0 Å². The summed E-state index contributed by atoms with van der Waals surface area (Å²) >= 11 is 0. The number of aryl methyl sites for hydroxylation is 1. The summed E-state index contributed by atoms with van der Waals surface area (Å²) in [6, 6.07) is 4.60. The van der Waals surface area contributed by atoms with Crippen LogP contribution in [0.4, 0.5) is 13.2 Å². The first-order chi connectivity index (χ1) is 15.5. The minimum Gasteiger partial charge on any atom is -0.345 e. The van der Waals surface area contributed by atoms with Gasteiger partial charge >= 0.3 is 6.18 Å². The van der Waals surface area contributed by atoms with Crippen molar-refractivity contribution >= 4 is 15.7 Å². The Kier molecular flexibility index (Phi) is 6.08. The molecule has 12 heteroatoms. The van der Waals surface area contributed by atoms with Crippen LogP contribution in [0.3, 0.4) is 0 Å². The summed E-state index contributed by atoms with van der Waals surface area (Å²) in [6.45, 7) is 2.85. The van der Waals surface area contributed by atoms with E-state index in [2.05, 4.69) is 10.4 Å². The number of para-hydroxylation sites is 1. The van der Waals surface area contributed by atoms with Crippen LogP contribution < -0.4 is 10.7 Å². The van der Waals surface area contributed by atoms with Crippen LogP contribution >= 0.6 is 0 Å². The van der Waals surface area contributed by atoms with Crippen LogP contribution in [0.15, 0.2) is 35.1 Å². The van der Waals surface area contributed by atoms with Gasteiger partial charge in [0, 0.05) is 17.8 Å². The second-order valence-electron chi connectivity index (χ2n) is 8.39. The van der Waals surface area contributed by atoms with Crippen molar-refractivity contribution in [2.45, 2.75) is 38.0 Å². The van der Waals surface area contributed by atoms with Gasteiger partial charge in [-0.15, -0.1) is 0 Å². The fourth-order valence-electron chi connectivity index (χ4n) is 4.48. The van der Waals surface area contributed by atoms with Crippen molar-refractivity contribution in [1.82, 2.24) is 20.0 Å². The smallest absolute Gasteiger partial charge is 0.345 e. The summed E-state index contributed by atoms with van der Waals surface area (Å²) in [4.78, 5) is 27.5. The first kappa shape index (κ1) is 23.4. The van der Waals surface area contributed by atoms with Crippen molar-refractivity contribution in [3.8, 4) is 5.69 Å². The number of carbonyl (C=O) groups is 1. The number of nitrogens with zero attached hydrogens (tertiary/aromatic N) is 3. The van der Waals surface area contributed by atoms with Crippen LogP contribution in [0.1, 0.15) is 34.6 Å². The molecule has 1 aromatic carbocycles. The first-order valence-corrected chi connectivity index (χ1v) is 12.3. The van der Waals surface area contributed by atoms with Gasteiger partial charge in [-0.1, -0.05) is 12.1 Å². The Morgan fingerprint density at radius 2 is 1.82 bits per heavy atom. The van der Waals surface area contributed by atoms with E-state index in [1.807, 2.05) is 4.90 Å². The second kappa shape index (κ2) is 8.56. The third-order valence-corrected chi connectivity index (χ3v) is 7.73. The molecule has 0 radical (unpaired) electrons. The van der Waals surface area contributed by atoms with E-state index >= 15 is 0 Å². The van der Waals surface area contributed by atoms with Crippen LogP contribution in [-0.4, -0.2) is 65.7 Å². The van der Waals surface area contributed by atoms with E-state index in [0.29, 0.717) is 0 Å². The maximum Gasteiger partial charge on any atom is 0.418 e. The lowest BCUT2D eigenvalue weighted by atomic mass is 10.1. The molecule has 1 N–H and O–H groups in total. The molecule has 2 unspecified atom stereocenters. The van der Waals surface area contributed by atoms with E-state index in [0.717, 1.165) is 42.7 Å². The van der Waals surface area contributed by atoms with Gasteiger partial charge < -0.3 is 5.32 Å². The van der Waals surface area contributed by atoms with Crippen molar-refractivity contribution in [2.75, 3.05) is 24.6 Å². The summed E-state index contributed by atoms with van der Waals surface area (Å²) in [6.07, 6.45) is -2.81. The highest BCUT2D eigenvalue weighted by Crippen LogP contribution is 2.33. The highest BCUT2D eigenvalue weighted by molar-refractivity contribution is 7.91. The summed E-state index contributed by atoms with van der Waals surface area (Å²) in [5.41, 5.74) is -2.53. The molecule has 1 aromatic heterocycles. The summed E-state index contributed by atoms with van der Waals surface area (Å²) in [5, 5.41) is 6.55. The van der Waals surface area contributed by atoms with E-state index < -0.39 is 50.7 Å². The monoisotopic (exact) mass is 484 g/mol. The van der Waals surface area contributed by atoms with Gasteiger partial charge in [0.2, 0.25) is 5.43 Å². The van der Waals surface area contributed by atoms with Crippen LogP contribution in [0.5, 0.6) is 0 Å². The number of amides is 1. The lowest BCUT2D eigenvalue weighted by Gasteiger charge is -2.28. The summed E-state index contributed by atoms with van der Waals surface area (Å²) in [5.74, 6) is -1.27. The highest BCUT2D eigenvalue weighted by Gasteiger charge is 2.43. The average Bonchev–Trinajstić information content (AvgIpc) is 3.34. The molecule has 33 heavy (non-hydrogen) atoms. The molecule has 0 aliphatic carbocycles. The molecular formula is C21H23F3N4O4S. The number of rotatable bonds is 4. The lowest BCUT2D eigenvalue weighted by molar-refractivity contribution is -0.137. The van der Waals surface area contributed by atoms with Gasteiger partial charge in [-0.25, -0.2) is 13.1 Å². The minimum atomic E-state index is -4.67. The third kappa shape index (κ3) is 4.81. The lowest BCUT2D eigenvalue weighted by Crippen LogP contribution is -2.51. The van der Waals surface area contributed by atoms with Crippen molar-refractivity contribution in [3.05, 3.63) is 57.5 Å². The predicted molar refractivity (Wildman–Crippen MR) is 114 cm³/mol. The number of sulfone groups is 1. The number of hydrogen-bond acceptors (Lipinski definition) is 6. The quantitative estimate of drug-likeness (QED) is 0.707. The summed E-state index contributed by atoms with van der Waals surface area (Å²) in [7, 11) is -3.38. The molecule has 0 spiro atoms. The number of carbonyl (C=O) groups excluding carboxylic acids is 1. The molecule has 2 aliphatic heterocycles. The Morgan fingerprint density at radius 1 is 1.15 bits per heavy atom. The number of halogens is 3. The van der Waals surface area contributed by atoms with E-state index in [1.54, 1.807) is 0 Å². The Bertz CT molecular complexity index is 1240. The molecule has 2 aromatic rings. The molecule has 4 rings (SSSR count). The van der Waals surface area contributed by atoms with Gasteiger partial charge in [-0.05, 0) is 45.0 Å². The molecule has 0 saturated carbocycles. The van der Waals surface area contributed by atoms with E-state index in [4.69, 9.17) is 0 Å². The zero-order valence-electron chi connectivity index (χ0n) is 17.8. The number of nitrogens with one attached hydrogen (secondary N) is 1. The van der Waals surface area contributed by atoms with Crippen molar-refractivity contribution in [2.24, 2.45) is 0 Å². The van der Waals surface area contributed by atoms with Crippen molar-refractivity contribution in [3.63, 3.8) is 0 Å². The Labute approximate surface area is 188 Å². The Hall–Kier alpha value is -2.73. The maximum atomic E-state index is 13.5. The third-order valence-electron chi connectivity index (χ3n) is 6.01. The number of benzene rings is 1. The zero-order chi connectivity index (χ0) is 24.0. The standard InChI is InChI=1S/C21H23F3N4O4S/c1-13-10-18(29)19(26-28(13)16-7-3-2-6-14(16)21(22,23)24)20(30)25-15-11-33(31,32)12-17(15)27-8-4-5-9-27/h2-3,6-7,10,15,17H,4-5,8-9,11-12H2,1H3,(H,25,30). The molecule has 2 aliphatic rings. The predicted octanol–water partition coefficient (Wildman–Crippen LogP) is 1.55. The maximum absolute atomic E-state index is 13.5. The average molecular weight is 485 g/mol. The van der Waals surface area contributed by atoms with Crippen molar-refractivity contribution < 1.29 is 26.4 Å². The largest absolute Gasteiger partial charge is 0.418 e. The number of aromatic nitrogens is 2. The van der Waals surface area contributed by atoms with Gasteiger partial charge in [0.05, 0.1) is 28.8 Å². The van der Waals surface area contributed by atoms with Crippen LogP contribution in [0, 0.1) is 6.92 Å². The molecule has 1 amide bonds. The summed E-state index contributed by atoms with van der Waals surface area (Å²) < 4.78 is 65.9. The SMILES string of the molecule is Cc1cc(=O)c(C(=O)NC2CS(=O)(=O)CC2N2CCCC2)nn1-c1ccccc1C(F)(F)F. The van der Waals surface area contributed by atoms with Gasteiger partial charge in [-0.3, -0.25) is 14.5 Å². The van der Waals surface area contributed by atoms with E-state index in [-0.39, 0.29) is 22.9 Å². The van der Waals surface area contributed by atoms with Gasteiger partial charge in [0.15, 0.2) is 15.5 Å². The zero-order valence-corrected chi connectivity index (χ0v) is 18.6. The van der Waals surface area contributed by atoms with E-state index in [1.165, 1.54) is 25.1 Å². The first-order valence-electron chi connectivity index (χ1n) is 10.5. The van der Waals surface area contributed by atoms with Gasteiger partial charge in [-0.2, -0.15) is 18.3 Å². The molecule has 2 saturated heterocycles. The molecule has 2 atom stereocenters. The minimum absolute atomic E-state index is 0.0948. The van der Waals surface area contributed by atoms with Crippen LogP contribution in [-0.2, 0) is 16.0 Å². The van der Waals surface area contributed by atoms with Crippen LogP contribution in [0.2, 0.25) is 0 Å². The van der Waals surface area contributed by atoms with Gasteiger partial charge in [0.1, 0.15) is 0 Å². The number of likely N-dealkylation sites (tertiary alicyclic amines) is 1. The molecule has 0 bridgehead atoms. The Morgan fingerprint density at radius 3 is 2.48 bits per heavy atom. The molecule has 8 nitrogen and oxygen atoms in total. The topological polar surface area (TPSA) is 101 Å². The van der Waals surface area contributed by atoms with Gasteiger partial charge in [0.25, 0.3) is 5.91 Å². The normalized spacial score (nSPS) is 23.0. The fraction of sp³-hybridized carbons (Fsp3) is 0.476. The molecule has 3 heterocycles. The second-order valence-corrected chi connectivity index (χ2v) is 10.5. The number of alkyl halides is 3. The molecule has 2 fully saturated rings. The van der Waals surface area contributed by atoms with E-state index in [9.17, 15) is 31.2 Å².